The molecule has 0 unspecified atom stereocenters. The highest BCUT2D eigenvalue weighted by Gasteiger charge is 2.13. The molecule has 4 nitrogen and oxygen atoms in total. The molecule has 20 heavy (non-hydrogen) atoms. The van der Waals surface area contributed by atoms with Crippen LogP contribution in [0.4, 0.5) is 30.2 Å². The van der Waals surface area contributed by atoms with Crippen molar-refractivity contribution in [2.75, 3.05) is 11.1 Å². The van der Waals surface area contributed by atoms with Crippen LogP contribution in [-0.4, -0.2) is 11.1 Å². The first-order valence-corrected chi connectivity index (χ1v) is 5.43. The maximum Gasteiger partial charge on any atom is 0.337 e. The van der Waals surface area contributed by atoms with Crippen molar-refractivity contribution < 1.29 is 23.1 Å². The predicted octanol–water partition coefficient (Wildman–Crippen LogP) is 3.13. The Morgan fingerprint density at radius 3 is 2.25 bits per heavy atom. The minimum Gasteiger partial charge on any atom is -0.478 e. The summed E-state index contributed by atoms with van der Waals surface area (Å²) in [5.41, 5.74) is 4.80. The Bertz CT molecular complexity index is 666. The number of nitrogen functional groups attached to an aromatic ring is 1. The number of hydrogen-bond acceptors (Lipinski definition) is 3. The van der Waals surface area contributed by atoms with Gasteiger partial charge in [-0.25, -0.2) is 18.0 Å². The molecule has 0 saturated heterocycles. The summed E-state index contributed by atoms with van der Waals surface area (Å²) in [5.74, 6) is -4.58. The summed E-state index contributed by atoms with van der Waals surface area (Å²) in [6.07, 6.45) is 0. The molecule has 0 radical (unpaired) electrons. The third-order valence-corrected chi connectivity index (χ3v) is 2.56. The van der Waals surface area contributed by atoms with Gasteiger partial charge in [0.25, 0.3) is 0 Å². The molecular formula is C13H9F3N2O2. The van der Waals surface area contributed by atoms with Gasteiger partial charge >= 0.3 is 5.97 Å². The van der Waals surface area contributed by atoms with Crippen molar-refractivity contribution in [2.24, 2.45) is 0 Å². The van der Waals surface area contributed by atoms with Crippen molar-refractivity contribution in [1.82, 2.24) is 0 Å². The van der Waals surface area contributed by atoms with E-state index in [0.29, 0.717) is 12.1 Å². The number of nitrogens with one attached hydrogen (secondary N) is 1. The van der Waals surface area contributed by atoms with Crippen molar-refractivity contribution in [1.29, 1.82) is 0 Å². The van der Waals surface area contributed by atoms with E-state index in [0.717, 1.165) is 6.07 Å². The number of hydrogen-bond donors (Lipinski definition) is 3. The zero-order chi connectivity index (χ0) is 14.9. The number of nitrogens with two attached hydrogens (primary N) is 1. The molecule has 0 aliphatic carbocycles. The Kier molecular flexibility index (Phi) is 3.51. The minimum atomic E-state index is -1.27. The fourth-order valence-corrected chi connectivity index (χ4v) is 1.63. The molecule has 0 aromatic heterocycles. The van der Waals surface area contributed by atoms with Crippen molar-refractivity contribution >= 4 is 23.0 Å². The Morgan fingerprint density at radius 2 is 1.70 bits per heavy atom. The maximum absolute atomic E-state index is 13.5. The van der Waals surface area contributed by atoms with E-state index in [-0.39, 0.29) is 16.9 Å². The van der Waals surface area contributed by atoms with Gasteiger partial charge in [0, 0.05) is 23.5 Å². The second-order valence-corrected chi connectivity index (χ2v) is 3.98. The van der Waals surface area contributed by atoms with Gasteiger partial charge in [0.05, 0.1) is 5.56 Å². The number of halogens is 3. The second kappa shape index (κ2) is 5.12. The fourth-order valence-electron chi connectivity index (χ4n) is 1.63. The van der Waals surface area contributed by atoms with Gasteiger partial charge in [-0.2, -0.15) is 0 Å². The molecule has 4 N–H and O–H groups in total. The summed E-state index contributed by atoms with van der Waals surface area (Å²) in [4.78, 5) is 10.9. The second-order valence-electron chi connectivity index (χ2n) is 3.98. The van der Waals surface area contributed by atoms with Crippen molar-refractivity contribution in [2.45, 2.75) is 0 Å². The third kappa shape index (κ3) is 2.66. The predicted molar refractivity (Wildman–Crippen MR) is 67.4 cm³/mol. The fraction of sp³-hybridized carbons (Fsp3) is 0. The van der Waals surface area contributed by atoms with Gasteiger partial charge in [-0.3, -0.25) is 0 Å². The first-order chi connectivity index (χ1) is 9.38. The van der Waals surface area contributed by atoms with E-state index < -0.39 is 29.1 Å². The quantitative estimate of drug-likeness (QED) is 0.756. The van der Waals surface area contributed by atoms with Gasteiger partial charge in [0.1, 0.15) is 11.5 Å². The summed E-state index contributed by atoms with van der Waals surface area (Å²) < 4.78 is 39.7. The third-order valence-electron chi connectivity index (χ3n) is 2.56. The van der Waals surface area contributed by atoms with Gasteiger partial charge in [0.2, 0.25) is 0 Å². The lowest BCUT2D eigenvalue weighted by Gasteiger charge is -2.10. The molecule has 0 bridgehead atoms. The van der Waals surface area contributed by atoms with Gasteiger partial charge in [-0.05, 0) is 18.2 Å². The topological polar surface area (TPSA) is 75.3 Å². The normalized spacial score (nSPS) is 10.3. The van der Waals surface area contributed by atoms with Gasteiger partial charge < -0.3 is 16.2 Å². The number of carbonyl (C=O) groups is 1. The van der Waals surface area contributed by atoms with E-state index in [1.807, 2.05) is 0 Å². The number of carboxylic acids is 1. The molecule has 0 spiro atoms. The summed E-state index contributed by atoms with van der Waals surface area (Å²) in [6.45, 7) is 0. The molecule has 0 atom stereocenters. The molecule has 0 fully saturated rings. The maximum atomic E-state index is 13.5. The lowest BCUT2D eigenvalue weighted by molar-refractivity contribution is 0.0698. The summed E-state index contributed by atoms with van der Waals surface area (Å²) in [6, 6.07) is 4.79. The highest BCUT2D eigenvalue weighted by atomic mass is 19.1. The van der Waals surface area contributed by atoms with E-state index in [1.54, 1.807) is 0 Å². The molecule has 0 heterocycles. The average Bonchev–Trinajstić information content (AvgIpc) is 2.35. The van der Waals surface area contributed by atoms with Gasteiger partial charge in [-0.15, -0.1) is 0 Å². The van der Waals surface area contributed by atoms with E-state index in [2.05, 4.69) is 5.32 Å². The van der Waals surface area contributed by atoms with Crippen LogP contribution in [0.5, 0.6) is 0 Å². The highest BCUT2D eigenvalue weighted by Crippen LogP contribution is 2.26. The standard InChI is InChI=1S/C13H9F3N2O2/c14-6-3-9(15)12(10(16)4-6)18-7-1-2-11(17)8(5-7)13(19)20/h1-5,18H,17H2,(H,19,20). The molecule has 0 aliphatic rings. The Labute approximate surface area is 111 Å². The van der Waals surface area contributed by atoms with Gasteiger partial charge in [0.15, 0.2) is 11.6 Å². The van der Waals surface area contributed by atoms with Crippen molar-refractivity contribution in [3.8, 4) is 0 Å². The van der Waals surface area contributed by atoms with Crippen LogP contribution < -0.4 is 11.1 Å². The van der Waals surface area contributed by atoms with Crippen LogP contribution in [0.15, 0.2) is 30.3 Å². The van der Waals surface area contributed by atoms with Crippen LogP contribution in [0.1, 0.15) is 10.4 Å². The van der Waals surface area contributed by atoms with E-state index >= 15 is 0 Å². The summed E-state index contributed by atoms with van der Waals surface area (Å²) in [7, 11) is 0. The molecule has 2 aromatic rings. The van der Waals surface area contributed by atoms with Crippen LogP contribution in [0, 0.1) is 17.5 Å². The molecule has 7 heteroatoms. The van der Waals surface area contributed by atoms with Crippen LogP contribution in [0.3, 0.4) is 0 Å². The van der Waals surface area contributed by atoms with Crippen molar-refractivity contribution in [3.63, 3.8) is 0 Å². The smallest absolute Gasteiger partial charge is 0.337 e. The largest absolute Gasteiger partial charge is 0.478 e. The molecule has 0 amide bonds. The lowest BCUT2D eigenvalue weighted by Crippen LogP contribution is -2.04. The SMILES string of the molecule is Nc1ccc(Nc2c(F)cc(F)cc2F)cc1C(=O)O. The first-order valence-electron chi connectivity index (χ1n) is 5.43. The van der Waals surface area contributed by atoms with E-state index in [4.69, 9.17) is 10.8 Å². The number of benzene rings is 2. The van der Waals surface area contributed by atoms with E-state index in [9.17, 15) is 18.0 Å². The van der Waals surface area contributed by atoms with E-state index in [1.165, 1.54) is 12.1 Å². The van der Waals surface area contributed by atoms with Gasteiger partial charge in [-0.1, -0.05) is 0 Å². The summed E-state index contributed by atoms with van der Waals surface area (Å²) >= 11 is 0. The summed E-state index contributed by atoms with van der Waals surface area (Å²) in [5, 5.41) is 11.3. The number of carboxylic acid groups (broad SMARTS) is 1. The number of aromatic carboxylic acids is 1. The zero-order valence-corrected chi connectivity index (χ0v) is 9.95. The molecule has 0 saturated carbocycles. The zero-order valence-electron chi connectivity index (χ0n) is 9.95. The Balaban J connectivity index is 2.41. The Morgan fingerprint density at radius 1 is 1.10 bits per heavy atom. The van der Waals surface area contributed by atoms with Crippen LogP contribution in [0.25, 0.3) is 0 Å². The number of rotatable bonds is 3. The highest BCUT2D eigenvalue weighted by molar-refractivity contribution is 5.95. The molecule has 2 aromatic carbocycles. The van der Waals surface area contributed by atoms with Crippen LogP contribution in [-0.2, 0) is 0 Å². The average molecular weight is 282 g/mol. The van der Waals surface area contributed by atoms with Crippen molar-refractivity contribution in [3.05, 3.63) is 53.3 Å². The minimum absolute atomic E-state index is 0.0168. The first kappa shape index (κ1) is 13.7. The molecular weight excluding hydrogens is 273 g/mol. The molecule has 104 valence electrons. The monoisotopic (exact) mass is 282 g/mol. The van der Waals surface area contributed by atoms with Crippen LogP contribution in [0.2, 0.25) is 0 Å². The lowest BCUT2D eigenvalue weighted by atomic mass is 10.1. The molecule has 0 aliphatic heterocycles. The Hall–Kier alpha value is -2.70. The number of anilines is 3. The molecule has 2 rings (SSSR count). The van der Waals surface area contributed by atoms with Crippen LogP contribution >= 0.6 is 0 Å².